The van der Waals surface area contributed by atoms with Gasteiger partial charge in [-0.3, -0.25) is 0 Å². The molecule has 1 aliphatic rings. The fraction of sp³-hybridized carbons (Fsp3) is 0.263. The highest BCUT2D eigenvalue weighted by Gasteiger charge is 2.30. The predicted octanol–water partition coefficient (Wildman–Crippen LogP) is 4.67. The second-order valence-electron chi connectivity index (χ2n) is 6.56. The second kappa shape index (κ2) is 6.48. The number of rotatable bonds is 5. The molecule has 0 atom stereocenters. The minimum atomic E-state index is 0.525. The molecule has 1 aliphatic carbocycles. The molecule has 0 saturated heterocycles. The zero-order chi connectivity index (χ0) is 17.5. The van der Waals surface area contributed by atoms with Crippen LogP contribution in [0, 0.1) is 6.92 Å². The normalized spacial score (nSPS) is 14.2. The van der Waals surface area contributed by atoms with Crippen LogP contribution in [0.25, 0.3) is 10.9 Å². The number of benzene rings is 1. The average molecular weight is 380 g/mol. The molecule has 0 spiro atoms. The van der Waals surface area contributed by atoms with Gasteiger partial charge in [0, 0.05) is 22.7 Å². The van der Waals surface area contributed by atoms with Crippen LogP contribution in [0.3, 0.4) is 0 Å². The first-order valence-electron chi connectivity index (χ1n) is 8.63. The van der Waals surface area contributed by atoms with Crippen LogP contribution in [0.1, 0.15) is 35.1 Å². The Labute approximate surface area is 159 Å². The van der Waals surface area contributed by atoms with Crippen LogP contribution < -0.4 is 0 Å². The highest BCUT2D eigenvalue weighted by molar-refractivity contribution is 7.99. The molecule has 26 heavy (non-hydrogen) atoms. The molecule has 5 nitrogen and oxygen atoms in total. The lowest BCUT2D eigenvalue weighted by molar-refractivity contribution is 0.635. The van der Waals surface area contributed by atoms with Gasteiger partial charge in [0.25, 0.3) is 0 Å². The van der Waals surface area contributed by atoms with Crippen LogP contribution in [-0.4, -0.2) is 24.7 Å². The number of fused-ring (bicyclic) bond motifs is 1. The smallest absolute Gasteiger partial charge is 0.197 e. The van der Waals surface area contributed by atoms with Crippen LogP contribution in [-0.2, 0) is 6.42 Å². The summed E-state index contributed by atoms with van der Waals surface area (Å²) >= 11 is 3.36. The van der Waals surface area contributed by atoms with Crippen LogP contribution in [0.5, 0.6) is 0 Å². The third kappa shape index (κ3) is 3.01. The molecule has 5 rings (SSSR count). The SMILES string of the molecule is Cc1ccc2ncnc(Sc3nnc(Cc4cccs4)n3C3CC3)c2c1. The fourth-order valence-corrected chi connectivity index (χ4v) is 4.76. The summed E-state index contributed by atoms with van der Waals surface area (Å²) in [6.45, 7) is 2.09. The van der Waals surface area contributed by atoms with Gasteiger partial charge in [-0.1, -0.05) is 17.7 Å². The summed E-state index contributed by atoms with van der Waals surface area (Å²) in [7, 11) is 0. The van der Waals surface area contributed by atoms with Crippen molar-refractivity contribution in [1.29, 1.82) is 0 Å². The van der Waals surface area contributed by atoms with Gasteiger partial charge in [-0.15, -0.1) is 21.5 Å². The van der Waals surface area contributed by atoms with Gasteiger partial charge in [0.1, 0.15) is 17.2 Å². The molecule has 0 radical (unpaired) electrons. The molecular formula is C19H17N5S2. The third-order valence-electron chi connectivity index (χ3n) is 4.50. The van der Waals surface area contributed by atoms with E-state index in [1.54, 1.807) is 29.4 Å². The average Bonchev–Trinajstić information content (AvgIpc) is 3.20. The first-order valence-corrected chi connectivity index (χ1v) is 10.3. The van der Waals surface area contributed by atoms with E-state index in [0.29, 0.717) is 6.04 Å². The number of aryl methyl sites for hydroxylation is 1. The van der Waals surface area contributed by atoms with E-state index in [0.717, 1.165) is 33.3 Å². The van der Waals surface area contributed by atoms with E-state index < -0.39 is 0 Å². The van der Waals surface area contributed by atoms with E-state index in [1.807, 2.05) is 6.07 Å². The Balaban J connectivity index is 1.53. The summed E-state index contributed by atoms with van der Waals surface area (Å²) in [6.07, 6.45) is 4.87. The Morgan fingerprint density at radius 1 is 1.19 bits per heavy atom. The molecule has 0 aliphatic heterocycles. The third-order valence-corrected chi connectivity index (χ3v) is 6.36. The Kier molecular flexibility index (Phi) is 3.98. The van der Waals surface area contributed by atoms with Crippen LogP contribution in [0.15, 0.2) is 52.2 Å². The summed E-state index contributed by atoms with van der Waals surface area (Å²) in [6, 6.07) is 11.0. The molecule has 0 N–H and O–H groups in total. The fourth-order valence-electron chi connectivity index (χ4n) is 3.08. The van der Waals surface area contributed by atoms with E-state index in [-0.39, 0.29) is 0 Å². The Morgan fingerprint density at radius 2 is 2.12 bits per heavy atom. The molecule has 0 amide bonds. The molecule has 0 unspecified atom stereocenters. The van der Waals surface area contributed by atoms with Crippen molar-refractivity contribution in [2.24, 2.45) is 0 Å². The van der Waals surface area contributed by atoms with Gasteiger partial charge in [-0.2, -0.15) is 0 Å². The van der Waals surface area contributed by atoms with Crippen molar-refractivity contribution in [2.45, 2.75) is 42.4 Å². The largest absolute Gasteiger partial charge is 0.302 e. The summed E-state index contributed by atoms with van der Waals surface area (Å²) < 4.78 is 2.31. The van der Waals surface area contributed by atoms with Crippen molar-refractivity contribution in [3.63, 3.8) is 0 Å². The molecule has 3 heterocycles. The van der Waals surface area contributed by atoms with Crippen molar-refractivity contribution < 1.29 is 0 Å². The van der Waals surface area contributed by atoms with Crippen LogP contribution in [0.4, 0.5) is 0 Å². The maximum absolute atomic E-state index is 4.52. The van der Waals surface area contributed by atoms with Crippen molar-refractivity contribution in [2.75, 3.05) is 0 Å². The minimum absolute atomic E-state index is 0.525. The number of nitrogens with zero attached hydrogens (tertiary/aromatic N) is 5. The van der Waals surface area contributed by atoms with Crippen molar-refractivity contribution in [3.05, 3.63) is 58.3 Å². The standard InChI is InChI=1S/C19H17N5S2/c1-12-4-7-16-15(9-12)18(21-11-20-16)26-19-23-22-17(24(19)13-5-6-13)10-14-3-2-8-25-14/h2-4,7-9,11,13H,5-6,10H2,1H3. The van der Waals surface area contributed by atoms with Gasteiger partial charge < -0.3 is 4.57 Å². The van der Waals surface area contributed by atoms with E-state index in [9.17, 15) is 0 Å². The number of aromatic nitrogens is 5. The monoisotopic (exact) mass is 379 g/mol. The highest BCUT2D eigenvalue weighted by Crippen LogP contribution is 2.41. The molecule has 0 bridgehead atoms. The molecule has 1 fully saturated rings. The molecule has 130 valence electrons. The Morgan fingerprint density at radius 3 is 2.92 bits per heavy atom. The van der Waals surface area contributed by atoms with Gasteiger partial charge in [0.05, 0.1) is 5.52 Å². The lowest BCUT2D eigenvalue weighted by Crippen LogP contribution is -2.03. The maximum Gasteiger partial charge on any atom is 0.197 e. The maximum atomic E-state index is 4.52. The van der Waals surface area contributed by atoms with E-state index >= 15 is 0 Å². The van der Waals surface area contributed by atoms with Crippen molar-refractivity contribution in [3.8, 4) is 0 Å². The highest BCUT2D eigenvalue weighted by atomic mass is 32.2. The van der Waals surface area contributed by atoms with E-state index in [1.165, 1.54) is 23.3 Å². The summed E-state index contributed by atoms with van der Waals surface area (Å²) in [5.41, 5.74) is 2.17. The van der Waals surface area contributed by atoms with Gasteiger partial charge in [0.2, 0.25) is 0 Å². The molecule has 1 aromatic carbocycles. The zero-order valence-corrected chi connectivity index (χ0v) is 15.9. The Hall–Kier alpha value is -2.25. The van der Waals surface area contributed by atoms with Gasteiger partial charge in [-0.25, -0.2) is 9.97 Å². The van der Waals surface area contributed by atoms with E-state index in [2.05, 4.69) is 61.3 Å². The van der Waals surface area contributed by atoms with Crippen molar-refractivity contribution >= 4 is 34.0 Å². The summed E-state index contributed by atoms with van der Waals surface area (Å²) in [4.78, 5) is 10.2. The van der Waals surface area contributed by atoms with Crippen LogP contribution >= 0.6 is 23.1 Å². The van der Waals surface area contributed by atoms with Gasteiger partial charge >= 0.3 is 0 Å². The first kappa shape index (κ1) is 16.0. The number of hydrogen-bond acceptors (Lipinski definition) is 6. The topological polar surface area (TPSA) is 56.5 Å². The van der Waals surface area contributed by atoms with Crippen molar-refractivity contribution in [1.82, 2.24) is 24.7 Å². The summed E-state index contributed by atoms with van der Waals surface area (Å²) in [5.74, 6) is 1.05. The molecule has 1 saturated carbocycles. The van der Waals surface area contributed by atoms with Gasteiger partial charge in [0.15, 0.2) is 5.16 Å². The molecular weight excluding hydrogens is 362 g/mol. The Bertz CT molecular complexity index is 1070. The predicted molar refractivity (Wildman–Crippen MR) is 104 cm³/mol. The number of hydrogen-bond donors (Lipinski definition) is 0. The minimum Gasteiger partial charge on any atom is -0.302 e. The quantitative estimate of drug-likeness (QED) is 0.472. The van der Waals surface area contributed by atoms with Gasteiger partial charge in [-0.05, 0) is 55.1 Å². The lowest BCUT2D eigenvalue weighted by atomic mass is 10.2. The zero-order valence-electron chi connectivity index (χ0n) is 14.3. The second-order valence-corrected chi connectivity index (χ2v) is 8.55. The number of thiophene rings is 1. The summed E-state index contributed by atoms with van der Waals surface area (Å²) in [5, 5.41) is 14.1. The van der Waals surface area contributed by atoms with E-state index in [4.69, 9.17) is 0 Å². The van der Waals surface area contributed by atoms with Crippen LogP contribution in [0.2, 0.25) is 0 Å². The molecule has 3 aromatic heterocycles. The lowest BCUT2D eigenvalue weighted by Gasteiger charge is -2.09. The molecule has 7 heteroatoms. The molecule has 4 aromatic rings. The first-order chi connectivity index (χ1) is 12.8.